The minimum atomic E-state index is -1.53. The van der Waals surface area contributed by atoms with E-state index >= 15 is 0 Å². The van der Waals surface area contributed by atoms with Crippen molar-refractivity contribution in [2.45, 2.75) is 31.4 Å². The zero-order valence-electron chi connectivity index (χ0n) is 22.2. The zero-order valence-corrected chi connectivity index (χ0v) is 22.2. The van der Waals surface area contributed by atoms with Gasteiger partial charge in [0.15, 0.2) is 0 Å². The number of hydrogen-bond acceptors (Lipinski definition) is 6. The smallest absolute Gasteiger partial charge is 0.334 e. The first kappa shape index (κ1) is 28.0. The van der Waals surface area contributed by atoms with Gasteiger partial charge in [-0.3, -0.25) is 9.59 Å². The highest BCUT2D eigenvalue weighted by molar-refractivity contribution is 5.92. The Labute approximate surface area is 235 Å². The highest BCUT2D eigenvalue weighted by Gasteiger charge is 2.53. The fourth-order valence-corrected chi connectivity index (χ4v) is 5.25. The van der Waals surface area contributed by atoms with Crippen LogP contribution in [-0.2, 0) is 22.7 Å². The van der Waals surface area contributed by atoms with Crippen molar-refractivity contribution in [2.75, 3.05) is 20.1 Å². The van der Waals surface area contributed by atoms with Gasteiger partial charge in [0.2, 0.25) is 11.8 Å². The molecule has 2 heterocycles. The highest BCUT2D eigenvalue weighted by atomic mass is 19.1. The number of aromatic hydroxyl groups is 1. The molecule has 3 aromatic rings. The summed E-state index contributed by atoms with van der Waals surface area (Å²) in [6, 6.07) is 15.7. The third kappa shape index (κ3) is 5.70. The number of rotatable bonds is 6. The molecule has 3 N–H and O–H groups in total. The van der Waals surface area contributed by atoms with Crippen molar-refractivity contribution in [3.63, 3.8) is 0 Å². The number of piperazine rings is 1. The van der Waals surface area contributed by atoms with Crippen LogP contribution in [0.25, 0.3) is 0 Å². The van der Waals surface area contributed by atoms with Gasteiger partial charge in [0.1, 0.15) is 35.7 Å². The fourth-order valence-electron chi connectivity index (χ4n) is 5.25. The quantitative estimate of drug-likeness (QED) is 0.423. The van der Waals surface area contributed by atoms with Crippen LogP contribution in [0, 0.1) is 11.6 Å². The van der Waals surface area contributed by atoms with Crippen LogP contribution in [0.2, 0.25) is 0 Å². The van der Waals surface area contributed by atoms with Crippen LogP contribution in [0.3, 0.4) is 0 Å². The first-order valence-corrected chi connectivity index (χ1v) is 13.0. The second kappa shape index (κ2) is 11.5. The molecule has 4 amide bonds. The van der Waals surface area contributed by atoms with E-state index in [9.17, 15) is 33.4 Å². The summed E-state index contributed by atoms with van der Waals surface area (Å²) in [6.45, 7) is -0.518. The van der Waals surface area contributed by atoms with Gasteiger partial charge in [0.05, 0.1) is 13.1 Å². The molecule has 12 heteroatoms. The van der Waals surface area contributed by atoms with Crippen molar-refractivity contribution in [3.05, 3.63) is 101 Å². The molecule has 3 atom stereocenters. The van der Waals surface area contributed by atoms with E-state index in [0.29, 0.717) is 6.07 Å². The maximum atomic E-state index is 14.6. The number of halogens is 2. The van der Waals surface area contributed by atoms with Crippen LogP contribution in [0.15, 0.2) is 72.8 Å². The van der Waals surface area contributed by atoms with Crippen molar-refractivity contribution in [2.24, 2.45) is 0 Å². The summed E-state index contributed by atoms with van der Waals surface area (Å²) in [4.78, 5) is 43.2. The van der Waals surface area contributed by atoms with Gasteiger partial charge in [-0.05, 0) is 29.3 Å². The lowest BCUT2D eigenvalue weighted by Crippen LogP contribution is -2.76. The van der Waals surface area contributed by atoms with E-state index in [4.69, 9.17) is 0 Å². The van der Waals surface area contributed by atoms with E-state index in [1.165, 1.54) is 50.1 Å². The molecule has 0 spiro atoms. The summed E-state index contributed by atoms with van der Waals surface area (Å²) in [5.74, 6) is -2.85. The molecule has 0 radical (unpaired) electrons. The number of fused-ring (bicyclic) bond motifs is 1. The lowest BCUT2D eigenvalue weighted by molar-refractivity contribution is -0.194. The number of phenols is 1. The molecule has 0 aliphatic carbocycles. The second-order valence-corrected chi connectivity index (χ2v) is 10.0. The second-order valence-electron chi connectivity index (χ2n) is 10.0. The summed E-state index contributed by atoms with van der Waals surface area (Å²) in [7, 11) is 1.56. The number of amides is 4. The van der Waals surface area contributed by atoms with Gasteiger partial charge in [0, 0.05) is 31.8 Å². The van der Waals surface area contributed by atoms with Crippen molar-refractivity contribution >= 4 is 17.8 Å². The average Bonchev–Trinajstić information content (AvgIpc) is 2.94. The number of carbonyl (C=O) groups is 3. The van der Waals surface area contributed by atoms with Crippen molar-refractivity contribution in [3.8, 4) is 5.75 Å². The summed E-state index contributed by atoms with van der Waals surface area (Å²) in [5, 5.41) is 26.7. The predicted octanol–water partition coefficient (Wildman–Crippen LogP) is 2.34. The van der Waals surface area contributed by atoms with Crippen molar-refractivity contribution in [1.82, 2.24) is 25.1 Å². The monoisotopic (exact) mass is 565 g/mol. The summed E-state index contributed by atoms with van der Waals surface area (Å²) < 4.78 is 28.2. The van der Waals surface area contributed by atoms with Crippen LogP contribution >= 0.6 is 0 Å². The molecule has 5 rings (SSSR count). The van der Waals surface area contributed by atoms with Gasteiger partial charge in [-0.1, -0.05) is 48.5 Å². The number of hydrazine groups is 1. The molecule has 10 nitrogen and oxygen atoms in total. The number of phenolic OH excluding ortho intramolecular Hbond substituents is 1. The third-order valence-corrected chi connectivity index (χ3v) is 7.28. The van der Waals surface area contributed by atoms with Crippen molar-refractivity contribution in [1.29, 1.82) is 0 Å². The maximum Gasteiger partial charge on any atom is 0.334 e. The van der Waals surface area contributed by atoms with E-state index in [0.717, 1.165) is 11.6 Å². The Bertz CT molecular complexity index is 1440. The maximum absolute atomic E-state index is 14.6. The van der Waals surface area contributed by atoms with Crippen LogP contribution < -0.4 is 5.32 Å². The molecule has 0 bridgehead atoms. The lowest BCUT2D eigenvalue weighted by atomic mass is 9.95. The Morgan fingerprint density at radius 2 is 1.76 bits per heavy atom. The largest absolute Gasteiger partial charge is 0.508 e. The Balaban J connectivity index is 1.50. The van der Waals surface area contributed by atoms with Gasteiger partial charge in [0.25, 0.3) is 0 Å². The molecule has 41 heavy (non-hydrogen) atoms. The van der Waals surface area contributed by atoms with Gasteiger partial charge in [-0.25, -0.2) is 23.6 Å². The first-order chi connectivity index (χ1) is 19.6. The van der Waals surface area contributed by atoms with Crippen LogP contribution in [0.1, 0.15) is 22.8 Å². The van der Waals surface area contributed by atoms with E-state index in [-0.39, 0.29) is 43.1 Å². The lowest BCUT2D eigenvalue weighted by Gasteiger charge is -2.55. The number of carbonyl (C=O) groups excluding carboxylic acids is 3. The van der Waals surface area contributed by atoms with Crippen molar-refractivity contribution < 1.29 is 33.4 Å². The molecule has 214 valence electrons. The van der Waals surface area contributed by atoms with Crippen LogP contribution in [0.4, 0.5) is 13.6 Å². The number of aliphatic hydroxyl groups is 1. The number of nitrogens with one attached hydrogen (secondary N) is 1. The Morgan fingerprint density at radius 3 is 2.44 bits per heavy atom. The molecule has 0 saturated carbocycles. The van der Waals surface area contributed by atoms with E-state index in [1.54, 1.807) is 7.05 Å². The molecular weight excluding hydrogens is 536 g/mol. The molecule has 2 aliphatic heterocycles. The number of hydrogen-bond donors (Lipinski definition) is 3. The first-order valence-electron chi connectivity index (χ1n) is 13.0. The van der Waals surface area contributed by atoms with Crippen LogP contribution in [0.5, 0.6) is 5.75 Å². The SMILES string of the molecule is CN1CC(=O)N2[C@@H](C(O)c3ccc(O)cc3)C(=O)N(Cc3ccc(F)cc3F)C[C@@H]2N1C(=O)NCc1ccccc1. The van der Waals surface area contributed by atoms with E-state index < -0.39 is 47.8 Å². The number of likely N-dealkylation sites (N-methyl/N-ethyl adjacent to an activating group) is 1. The van der Waals surface area contributed by atoms with E-state index in [1.807, 2.05) is 30.3 Å². The Morgan fingerprint density at radius 1 is 1.05 bits per heavy atom. The molecule has 1 unspecified atom stereocenters. The molecular formula is C29H29F2N5O5. The van der Waals surface area contributed by atoms with Crippen LogP contribution in [-0.4, -0.2) is 80.2 Å². The molecule has 2 aliphatic rings. The molecule has 2 saturated heterocycles. The average molecular weight is 566 g/mol. The third-order valence-electron chi connectivity index (χ3n) is 7.28. The number of nitrogens with zero attached hydrogens (tertiary/aromatic N) is 4. The Kier molecular flexibility index (Phi) is 7.86. The summed E-state index contributed by atoms with van der Waals surface area (Å²) in [5.41, 5.74) is 1.13. The number of urea groups is 1. The fraction of sp³-hybridized carbons (Fsp3) is 0.276. The zero-order chi connectivity index (χ0) is 29.3. The van der Waals surface area contributed by atoms with E-state index in [2.05, 4.69) is 5.32 Å². The number of aliphatic hydroxyl groups excluding tert-OH is 1. The predicted molar refractivity (Wildman–Crippen MR) is 142 cm³/mol. The van der Waals surface area contributed by atoms with Gasteiger partial charge in [-0.15, -0.1) is 0 Å². The minimum Gasteiger partial charge on any atom is -0.508 e. The summed E-state index contributed by atoms with van der Waals surface area (Å²) >= 11 is 0. The van der Waals surface area contributed by atoms with Gasteiger partial charge < -0.3 is 25.3 Å². The Hall–Kier alpha value is -4.55. The topological polar surface area (TPSA) is 117 Å². The standard InChI is InChI=1S/C29H29F2N5O5/c1-33-17-25(38)35-24(36(33)29(41)32-14-18-5-3-2-4-6-18)16-34(15-20-7-10-21(30)13-23(20)31)28(40)26(35)27(39)19-8-11-22(37)12-9-19/h2-13,24,26-27,37,39H,14-17H2,1H3,(H,32,41)/t24-,26-,27?/m0/s1. The summed E-state index contributed by atoms with van der Waals surface area (Å²) in [6.07, 6.45) is -2.58. The number of benzene rings is 3. The molecule has 3 aromatic carbocycles. The molecule has 2 fully saturated rings. The van der Waals surface area contributed by atoms with Gasteiger partial charge >= 0.3 is 6.03 Å². The van der Waals surface area contributed by atoms with Gasteiger partial charge in [-0.2, -0.15) is 0 Å². The molecule has 0 aromatic heterocycles. The highest BCUT2D eigenvalue weighted by Crippen LogP contribution is 2.33. The minimum absolute atomic E-state index is 0.0293. The normalized spacial score (nSPS) is 20.1.